The van der Waals surface area contributed by atoms with Gasteiger partial charge in [0, 0.05) is 5.92 Å². The van der Waals surface area contributed by atoms with Crippen molar-refractivity contribution in [3.05, 3.63) is 22.4 Å². The molecule has 0 aliphatic heterocycles. The molecule has 3 N–H and O–H groups in total. The Hall–Kier alpha value is -1.54. The summed E-state index contributed by atoms with van der Waals surface area (Å²) in [4.78, 5) is 14.1. The molecule has 4 nitrogen and oxygen atoms in total. The van der Waals surface area contributed by atoms with Crippen molar-refractivity contribution in [1.82, 2.24) is 4.98 Å². The van der Waals surface area contributed by atoms with Crippen LogP contribution in [-0.2, 0) is 4.79 Å². The van der Waals surface area contributed by atoms with Gasteiger partial charge in [0.15, 0.2) is 5.69 Å². The van der Waals surface area contributed by atoms with E-state index in [0.29, 0.717) is 4.60 Å². The number of rotatable bonds is 0. The quantitative estimate of drug-likeness (QED) is 0.509. The lowest BCUT2D eigenvalue weighted by Gasteiger charge is -1.94. The van der Waals surface area contributed by atoms with E-state index in [1.165, 1.54) is 6.07 Å². The van der Waals surface area contributed by atoms with Crippen LogP contribution in [0.4, 0.5) is 0 Å². The van der Waals surface area contributed by atoms with E-state index in [0.717, 1.165) is 0 Å². The average Bonchev–Trinajstić information content (AvgIpc) is 2.06. The normalized spacial score (nSPS) is 8.69. The Labute approximate surface area is 82.9 Å². The molecule has 0 saturated heterocycles. The van der Waals surface area contributed by atoms with E-state index in [4.69, 9.17) is 5.73 Å². The molecule has 66 valence electrons. The van der Waals surface area contributed by atoms with Crippen molar-refractivity contribution in [3.8, 4) is 17.6 Å². The lowest BCUT2D eigenvalue weighted by Crippen LogP contribution is -2.06. The molecule has 1 aromatic rings. The Balaban J connectivity index is 3.09. The molecule has 0 unspecified atom stereocenters. The van der Waals surface area contributed by atoms with Gasteiger partial charge in [-0.1, -0.05) is 0 Å². The van der Waals surface area contributed by atoms with Crippen molar-refractivity contribution in [2.45, 2.75) is 0 Å². The van der Waals surface area contributed by atoms with Gasteiger partial charge in [0.1, 0.15) is 10.4 Å². The van der Waals surface area contributed by atoms with Crippen LogP contribution in [0.25, 0.3) is 0 Å². The summed E-state index contributed by atoms with van der Waals surface area (Å²) in [6.07, 6.45) is 0. The number of nitrogens with zero attached hydrogens (tertiary/aromatic N) is 1. The fourth-order valence-electron chi connectivity index (χ4n) is 0.641. The van der Waals surface area contributed by atoms with Gasteiger partial charge in [-0.25, -0.2) is 4.98 Å². The molecule has 13 heavy (non-hydrogen) atoms. The lowest BCUT2D eigenvalue weighted by molar-refractivity contribution is -0.112. The Bertz CT molecular complexity index is 406. The maximum atomic E-state index is 10.3. The molecule has 1 rings (SSSR count). The van der Waals surface area contributed by atoms with E-state index in [9.17, 15) is 9.90 Å². The molecule has 0 spiro atoms. The van der Waals surface area contributed by atoms with Gasteiger partial charge in [-0.3, -0.25) is 4.79 Å². The zero-order valence-electron chi connectivity index (χ0n) is 6.41. The first-order valence-corrected chi connectivity index (χ1v) is 4.06. The highest BCUT2D eigenvalue weighted by Gasteiger charge is 1.99. The van der Waals surface area contributed by atoms with Crippen molar-refractivity contribution in [2.24, 2.45) is 5.73 Å². The first kappa shape index (κ1) is 9.55. The summed E-state index contributed by atoms with van der Waals surface area (Å²) in [7, 11) is 0. The number of primary amides is 1. The zero-order valence-corrected chi connectivity index (χ0v) is 8.00. The molecule has 0 fully saturated rings. The molecule has 0 aromatic carbocycles. The predicted octanol–water partition coefficient (Wildman–Crippen LogP) is 0.387. The number of hydrogen-bond acceptors (Lipinski definition) is 3. The Morgan fingerprint density at radius 2 is 2.31 bits per heavy atom. The van der Waals surface area contributed by atoms with E-state index in [-0.39, 0.29) is 11.4 Å². The molecule has 0 aliphatic rings. The lowest BCUT2D eigenvalue weighted by atomic mass is 10.3. The highest BCUT2D eigenvalue weighted by atomic mass is 79.9. The van der Waals surface area contributed by atoms with Gasteiger partial charge in [-0.2, -0.15) is 0 Å². The molecule has 5 heteroatoms. The Kier molecular flexibility index (Phi) is 2.88. The first-order valence-electron chi connectivity index (χ1n) is 3.26. The smallest absolute Gasteiger partial charge is 0.293 e. The van der Waals surface area contributed by atoms with Gasteiger partial charge >= 0.3 is 0 Å². The topological polar surface area (TPSA) is 76.2 Å². The van der Waals surface area contributed by atoms with Gasteiger partial charge in [0.05, 0.1) is 0 Å². The van der Waals surface area contributed by atoms with Gasteiger partial charge in [-0.05, 0) is 34.0 Å². The van der Waals surface area contributed by atoms with E-state index >= 15 is 0 Å². The molecular formula is C8H5BrN2O2. The summed E-state index contributed by atoms with van der Waals surface area (Å²) >= 11 is 3.10. The molecule has 0 atom stereocenters. The minimum absolute atomic E-state index is 0.0862. The summed E-state index contributed by atoms with van der Waals surface area (Å²) in [5.74, 6) is 3.56. The third-order valence-electron chi connectivity index (χ3n) is 1.14. The first-order chi connectivity index (χ1) is 6.09. The highest BCUT2D eigenvalue weighted by Crippen LogP contribution is 2.16. The number of aromatic hydroxyl groups is 1. The predicted molar refractivity (Wildman–Crippen MR) is 49.7 cm³/mol. The summed E-state index contributed by atoms with van der Waals surface area (Å²) in [5.41, 5.74) is 4.91. The summed E-state index contributed by atoms with van der Waals surface area (Å²) in [6.45, 7) is 0. The minimum atomic E-state index is -0.763. The van der Waals surface area contributed by atoms with Crippen LogP contribution in [0.2, 0.25) is 0 Å². The van der Waals surface area contributed by atoms with Crippen molar-refractivity contribution in [1.29, 1.82) is 0 Å². The number of aromatic nitrogens is 1. The maximum absolute atomic E-state index is 10.3. The molecule has 0 saturated carbocycles. The van der Waals surface area contributed by atoms with Gasteiger partial charge in [-0.15, -0.1) is 0 Å². The van der Waals surface area contributed by atoms with E-state index in [1.807, 2.05) is 0 Å². The van der Waals surface area contributed by atoms with E-state index in [1.54, 1.807) is 6.07 Å². The SMILES string of the molecule is NC(=O)C#Cc1nc(Br)ccc1O. The second-order valence-corrected chi connectivity index (χ2v) is 2.93. The number of nitrogens with two attached hydrogens (primary N) is 1. The standard InChI is InChI=1S/C8H5BrN2O2/c9-7-3-2-6(12)5(11-7)1-4-8(10)13/h2-3,12H,(H2,10,13). The second-order valence-electron chi connectivity index (χ2n) is 2.12. The number of hydrogen-bond donors (Lipinski definition) is 2. The van der Waals surface area contributed by atoms with Crippen molar-refractivity contribution >= 4 is 21.8 Å². The largest absolute Gasteiger partial charge is 0.505 e. The number of halogens is 1. The van der Waals surface area contributed by atoms with Gasteiger partial charge < -0.3 is 10.8 Å². The zero-order chi connectivity index (χ0) is 9.84. The molecule has 1 aromatic heterocycles. The van der Waals surface area contributed by atoms with Crippen LogP contribution in [0.5, 0.6) is 5.75 Å². The highest BCUT2D eigenvalue weighted by molar-refractivity contribution is 9.10. The van der Waals surface area contributed by atoms with E-state index < -0.39 is 5.91 Å². The molecule has 0 bridgehead atoms. The third-order valence-corrected chi connectivity index (χ3v) is 1.59. The Morgan fingerprint density at radius 3 is 2.92 bits per heavy atom. The molecule has 1 amide bonds. The number of amides is 1. The fourth-order valence-corrected chi connectivity index (χ4v) is 0.950. The molecule has 0 radical (unpaired) electrons. The Morgan fingerprint density at radius 1 is 1.62 bits per heavy atom. The third kappa shape index (κ3) is 2.76. The van der Waals surface area contributed by atoms with Crippen LogP contribution >= 0.6 is 15.9 Å². The number of carbonyl (C=O) groups is 1. The van der Waals surface area contributed by atoms with Crippen LogP contribution in [0.15, 0.2) is 16.7 Å². The van der Waals surface area contributed by atoms with Crippen molar-refractivity contribution in [2.75, 3.05) is 0 Å². The van der Waals surface area contributed by atoms with Crippen LogP contribution in [0.1, 0.15) is 5.69 Å². The summed E-state index contributed by atoms with van der Waals surface area (Å²) in [6, 6.07) is 2.98. The number of carbonyl (C=O) groups excluding carboxylic acids is 1. The van der Waals surface area contributed by atoms with E-state index in [2.05, 4.69) is 32.8 Å². The average molecular weight is 241 g/mol. The van der Waals surface area contributed by atoms with Crippen LogP contribution in [-0.4, -0.2) is 16.0 Å². The monoisotopic (exact) mass is 240 g/mol. The minimum Gasteiger partial charge on any atom is -0.505 e. The molecular weight excluding hydrogens is 236 g/mol. The molecule has 0 aliphatic carbocycles. The van der Waals surface area contributed by atoms with Crippen molar-refractivity contribution in [3.63, 3.8) is 0 Å². The fraction of sp³-hybridized carbons (Fsp3) is 0. The van der Waals surface area contributed by atoms with Crippen LogP contribution in [0.3, 0.4) is 0 Å². The molecule has 1 heterocycles. The maximum Gasteiger partial charge on any atom is 0.293 e. The van der Waals surface area contributed by atoms with Crippen LogP contribution in [0, 0.1) is 11.8 Å². The summed E-state index contributed by atoms with van der Waals surface area (Å²) in [5, 5.41) is 9.21. The van der Waals surface area contributed by atoms with Gasteiger partial charge in [0.25, 0.3) is 5.91 Å². The van der Waals surface area contributed by atoms with Crippen LogP contribution < -0.4 is 5.73 Å². The van der Waals surface area contributed by atoms with Gasteiger partial charge in [0.2, 0.25) is 0 Å². The van der Waals surface area contributed by atoms with Crippen molar-refractivity contribution < 1.29 is 9.90 Å². The number of pyridine rings is 1. The summed E-state index contributed by atoms with van der Waals surface area (Å²) < 4.78 is 0.527. The second kappa shape index (κ2) is 3.92.